The number of carbonyl (C=O) groups excluding carboxylic acids is 1. The van der Waals surface area contributed by atoms with E-state index in [4.69, 9.17) is 16.3 Å². The van der Waals surface area contributed by atoms with E-state index in [1.165, 1.54) is 0 Å². The van der Waals surface area contributed by atoms with Gasteiger partial charge in [0.05, 0.1) is 13.5 Å². The first kappa shape index (κ1) is 15.1. The van der Waals surface area contributed by atoms with E-state index in [0.717, 1.165) is 31.6 Å². The molecule has 1 aliphatic heterocycles. The first-order valence-electron chi connectivity index (χ1n) is 6.88. The lowest BCUT2D eigenvalue weighted by molar-refractivity contribution is -0.129. The first-order chi connectivity index (χ1) is 9.63. The molecule has 0 radical (unpaired) electrons. The van der Waals surface area contributed by atoms with E-state index in [0.29, 0.717) is 23.1 Å². The Morgan fingerprint density at radius 3 is 3.05 bits per heavy atom. The number of nitrogens with one attached hydrogen (secondary N) is 1. The minimum Gasteiger partial charge on any atom is -0.496 e. The van der Waals surface area contributed by atoms with Gasteiger partial charge in [-0.3, -0.25) is 4.79 Å². The molecule has 0 aliphatic carbocycles. The average Bonchev–Trinajstić information content (AvgIpc) is 2.88. The third-order valence-corrected chi connectivity index (χ3v) is 3.95. The van der Waals surface area contributed by atoms with Gasteiger partial charge in [0.25, 0.3) is 0 Å². The van der Waals surface area contributed by atoms with Gasteiger partial charge in [-0.25, -0.2) is 0 Å². The van der Waals surface area contributed by atoms with Crippen molar-refractivity contribution in [1.82, 2.24) is 10.2 Å². The standard InChI is InChI=1S/C15H21ClN2O2/c1-17-9-11-5-6-18(10-11)15(19)8-12-7-13(16)3-4-14(12)20-2/h3-4,7,11,17H,5-6,8-10H2,1-2H3/t11-/m0/s1. The van der Waals surface area contributed by atoms with Crippen molar-refractivity contribution in [3.8, 4) is 5.75 Å². The maximum atomic E-state index is 12.4. The van der Waals surface area contributed by atoms with Crippen molar-refractivity contribution in [2.24, 2.45) is 5.92 Å². The first-order valence-corrected chi connectivity index (χ1v) is 7.26. The summed E-state index contributed by atoms with van der Waals surface area (Å²) in [7, 11) is 3.55. The Balaban J connectivity index is 2.00. The van der Waals surface area contributed by atoms with E-state index in [9.17, 15) is 4.79 Å². The lowest BCUT2D eigenvalue weighted by Crippen LogP contribution is -2.31. The van der Waals surface area contributed by atoms with Crippen LogP contribution in [0.5, 0.6) is 5.75 Å². The number of nitrogens with zero attached hydrogens (tertiary/aromatic N) is 1. The van der Waals surface area contributed by atoms with Gasteiger partial charge < -0.3 is 15.0 Å². The number of hydrogen-bond acceptors (Lipinski definition) is 3. The fourth-order valence-corrected chi connectivity index (χ4v) is 2.87. The Bertz CT molecular complexity index is 479. The molecule has 5 heteroatoms. The molecule has 0 spiro atoms. The number of ether oxygens (including phenoxy) is 1. The van der Waals surface area contributed by atoms with Crippen LogP contribution < -0.4 is 10.1 Å². The Kier molecular flexibility index (Phi) is 5.26. The molecule has 0 saturated carbocycles. The maximum absolute atomic E-state index is 12.4. The summed E-state index contributed by atoms with van der Waals surface area (Å²) in [5.74, 6) is 1.42. The van der Waals surface area contributed by atoms with Gasteiger partial charge in [-0.2, -0.15) is 0 Å². The average molecular weight is 297 g/mol. The van der Waals surface area contributed by atoms with Crippen LogP contribution in [0.2, 0.25) is 5.02 Å². The molecule has 0 unspecified atom stereocenters. The van der Waals surface area contributed by atoms with E-state index in [1.54, 1.807) is 25.3 Å². The molecule has 0 aromatic heterocycles. The van der Waals surface area contributed by atoms with E-state index < -0.39 is 0 Å². The third kappa shape index (κ3) is 3.64. The van der Waals surface area contributed by atoms with Crippen LogP contribution >= 0.6 is 11.6 Å². The van der Waals surface area contributed by atoms with Gasteiger partial charge in [0.15, 0.2) is 0 Å². The molecule has 1 aliphatic rings. The Hall–Kier alpha value is -1.26. The highest BCUT2D eigenvalue weighted by Crippen LogP contribution is 2.24. The van der Waals surface area contributed by atoms with Gasteiger partial charge in [-0.1, -0.05) is 11.6 Å². The molecule has 1 aromatic carbocycles. The molecular formula is C15H21ClN2O2. The normalized spacial score (nSPS) is 18.4. The molecule has 1 atom stereocenters. The molecule has 4 nitrogen and oxygen atoms in total. The van der Waals surface area contributed by atoms with Crippen LogP contribution in [0.1, 0.15) is 12.0 Å². The molecular weight excluding hydrogens is 276 g/mol. The van der Waals surface area contributed by atoms with Gasteiger partial charge in [-0.15, -0.1) is 0 Å². The van der Waals surface area contributed by atoms with Crippen molar-refractivity contribution >= 4 is 17.5 Å². The summed E-state index contributed by atoms with van der Waals surface area (Å²) in [6, 6.07) is 5.38. The largest absolute Gasteiger partial charge is 0.496 e. The Morgan fingerprint density at radius 1 is 1.55 bits per heavy atom. The van der Waals surface area contributed by atoms with Crippen LogP contribution in [0, 0.1) is 5.92 Å². The molecule has 2 rings (SSSR count). The predicted octanol–water partition coefficient (Wildman–Crippen LogP) is 1.96. The monoisotopic (exact) mass is 296 g/mol. The second-order valence-electron chi connectivity index (χ2n) is 5.19. The lowest BCUT2D eigenvalue weighted by atomic mass is 10.1. The smallest absolute Gasteiger partial charge is 0.227 e. The van der Waals surface area contributed by atoms with Crippen molar-refractivity contribution in [2.45, 2.75) is 12.8 Å². The molecule has 1 saturated heterocycles. The number of benzene rings is 1. The quantitative estimate of drug-likeness (QED) is 0.903. The van der Waals surface area contributed by atoms with E-state index in [-0.39, 0.29) is 5.91 Å². The van der Waals surface area contributed by atoms with Crippen molar-refractivity contribution in [1.29, 1.82) is 0 Å². The van der Waals surface area contributed by atoms with E-state index in [1.807, 2.05) is 11.9 Å². The Morgan fingerprint density at radius 2 is 2.35 bits per heavy atom. The number of methoxy groups -OCH3 is 1. The van der Waals surface area contributed by atoms with Crippen molar-refractivity contribution in [3.63, 3.8) is 0 Å². The van der Waals surface area contributed by atoms with E-state index >= 15 is 0 Å². The zero-order valence-electron chi connectivity index (χ0n) is 12.0. The van der Waals surface area contributed by atoms with Gasteiger partial charge in [0.2, 0.25) is 5.91 Å². The highest BCUT2D eigenvalue weighted by atomic mass is 35.5. The summed E-state index contributed by atoms with van der Waals surface area (Å²) in [5, 5.41) is 3.80. The highest BCUT2D eigenvalue weighted by Gasteiger charge is 2.26. The summed E-state index contributed by atoms with van der Waals surface area (Å²) in [6.45, 7) is 2.64. The topological polar surface area (TPSA) is 41.6 Å². The Labute approximate surface area is 125 Å². The van der Waals surface area contributed by atoms with Gasteiger partial charge in [0.1, 0.15) is 5.75 Å². The number of carbonyl (C=O) groups is 1. The summed E-state index contributed by atoms with van der Waals surface area (Å²) < 4.78 is 5.28. The molecule has 20 heavy (non-hydrogen) atoms. The van der Waals surface area contributed by atoms with Gasteiger partial charge in [0, 0.05) is 23.7 Å². The minimum absolute atomic E-state index is 0.143. The minimum atomic E-state index is 0.143. The number of halogens is 1. The lowest BCUT2D eigenvalue weighted by Gasteiger charge is -2.17. The van der Waals surface area contributed by atoms with Crippen LogP contribution in [0.4, 0.5) is 0 Å². The summed E-state index contributed by atoms with van der Waals surface area (Å²) in [4.78, 5) is 14.3. The molecule has 1 amide bonds. The fourth-order valence-electron chi connectivity index (χ4n) is 2.67. The number of hydrogen-bond donors (Lipinski definition) is 1. The fraction of sp³-hybridized carbons (Fsp3) is 0.533. The summed E-state index contributed by atoms with van der Waals surface area (Å²) in [6.07, 6.45) is 1.41. The van der Waals surface area contributed by atoms with E-state index in [2.05, 4.69) is 5.32 Å². The second kappa shape index (κ2) is 6.95. The molecule has 1 fully saturated rings. The molecule has 0 bridgehead atoms. The zero-order chi connectivity index (χ0) is 14.5. The molecule has 1 N–H and O–H groups in total. The maximum Gasteiger partial charge on any atom is 0.227 e. The van der Waals surface area contributed by atoms with Crippen LogP contribution in [-0.4, -0.2) is 44.6 Å². The van der Waals surface area contributed by atoms with Gasteiger partial charge in [-0.05, 0) is 44.1 Å². The zero-order valence-corrected chi connectivity index (χ0v) is 12.7. The SMILES string of the molecule is CNC[C@@H]1CCN(C(=O)Cc2cc(Cl)ccc2OC)C1. The highest BCUT2D eigenvalue weighted by molar-refractivity contribution is 6.30. The third-order valence-electron chi connectivity index (χ3n) is 3.72. The van der Waals surface area contributed by atoms with Crippen molar-refractivity contribution in [3.05, 3.63) is 28.8 Å². The molecule has 110 valence electrons. The van der Waals surface area contributed by atoms with Crippen LogP contribution in [0.15, 0.2) is 18.2 Å². The number of rotatable bonds is 5. The summed E-state index contributed by atoms with van der Waals surface area (Å²) >= 11 is 5.99. The van der Waals surface area contributed by atoms with Crippen molar-refractivity contribution in [2.75, 3.05) is 33.8 Å². The second-order valence-corrected chi connectivity index (χ2v) is 5.62. The predicted molar refractivity (Wildman–Crippen MR) is 80.3 cm³/mol. The van der Waals surface area contributed by atoms with Crippen LogP contribution in [0.3, 0.4) is 0 Å². The molecule has 1 aromatic rings. The molecule has 1 heterocycles. The summed E-state index contributed by atoms with van der Waals surface area (Å²) in [5.41, 5.74) is 0.849. The van der Waals surface area contributed by atoms with Crippen molar-refractivity contribution < 1.29 is 9.53 Å². The number of likely N-dealkylation sites (tertiary alicyclic amines) is 1. The van der Waals surface area contributed by atoms with Crippen LogP contribution in [-0.2, 0) is 11.2 Å². The van der Waals surface area contributed by atoms with Crippen LogP contribution in [0.25, 0.3) is 0 Å². The number of amides is 1. The van der Waals surface area contributed by atoms with Gasteiger partial charge >= 0.3 is 0 Å².